The standard InChI is InChI=1S/C24H31F3N4O2/c1-17-20(9-10-21(25)22(26)27)23(32)30-24(29-17)28-11-6-14-33-19-8-5-7-18(15-19)16-31-12-3-2-4-13-31/h5,7-8,15H,2-4,6,9-14,16H2,1H3,(H2,28,29,30,32). The van der Waals surface area contributed by atoms with Crippen molar-refractivity contribution in [2.45, 2.75) is 52.0 Å². The second-order valence-electron chi connectivity index (χ2n) is 8.26. The molecular formula is C24H31F3N4O2. The van der Waals surface area contributed by atoms with Crippen LogP contribution in [0.5, 0.6) is 5.75 Å². The number of aryl methyl sites for hydroxylation is 1. The molecule has 1 aliphatic heterocycles. The number of ether oxygens (including phenoxy) is 1. The average molecular weight is 465 g/mol. The highest BCUT2D eigenvalue weighted by Gasteiger charge is 2.12. The molecule has 0 spiro atoms. The molecule has 0 aliphatic carbocycles. The molecule has 3 rings (SSSR count). The number of H-pyrrole nitrogens is 1. The Bertz CT molecular complexity index is 999. The fraction of sp³-hybridized carbons (Fsp3) is 0.500. The predicted molar refractivity (Wildman–Crippen MR) is 122 cm³/mol. The number of piperidine rings is 1. The van der Waals surface area contributed by atoms with Gasteiger partial charge < -0.3 is 10.1 Å². The minimum atomic E-state index is -2.36. The first-order chi connectivity index (χ1) is 15.9. The molecule has 0 bridgehead atoms. The lowest BCUT2D eigenvalue weighted by Crippen LogP contribution is -2.29. The SMILES string of the molecule is Cc1nc(NCCCOc2cccc(CN3CCCCC3)c2)[nH]c(=O)c1CCC(F)=C(F)F. The molecule has 1 aromatic carbocycles. The zero-order valence-electron chi connectivity index (χ0n) is 18.9. The van der Waals surface area contributed by atoms with E-state index in [1.165, 1.54) is 24.8 Å². The fourth-order valence-electron chi connectivity index (χ4n) is 3.90. The molecule has 6 nitrogen and oxygen atoms in total. The summed E-state index contributed by atoms with van der Waals surface area (Å²) < 4.78 is 43.3. The minimum absolute atomic E-state index is 0.137. The van der Waals surface area contributed by atoms with Crippen LogP contribution in [0.25, 0.3) is 0 Å². The van der Waals surface area contributed by atoms with Crippen LogP contribution in [0, 0.1) is 6.92 Å². The van der Waals surface area contributed by atoms with Gasteiger partial charge in [-0.3, -0.25) is 14.7 Å². The molecule has 0 radical (unpaired) electrons. The largest absolute Gasteiger partial charge is 0.494 e. The summed E-state index contributed by atoms with van der Waals surface area (Å²) in [6.45, 7) is 5.87. The summed E-state index contributed by atoms with van der Waals surface area (Å²) >= 11 is 0. The van der Waals surface area contributed by atoms with Gasteiger partial charge in [-0.25, -0.2) is 9.37 Å². The van der Waals surface area contributed by atoms with Crippen molar-refractivity contribution in [3.8, 4) is 5.75 Å². The van der Waals surface area contributed by atoms with E-state index in [1.54, 1.807) is 6.92 Å². The number of anilines is 1. The topological polar surface area (TPSA) is 70.2 Å². The summed E-state index contributed by atoms with van der Waals surface area (Å²) in [4.78, 5) is 21.5. The maximum atomic E-state index is 13.0. The Kier molecular flexibility index (Phi) is 9.35. The summed E-state index contributed by atoms with van der Waals surface area (Å²) in [7, 11) is 0. The number of rotatable bonds is 11. The van der Waals surface area contributed by atoms with Crippen molar-refractivity contribution in [2.24, 2.45) is 0 Å². The number of halogens is 3. The number of nitrogens with zero attached hydrogens (tertiary/aromatic N) is 2. The van der Waals surface area contributed by atoms with Crippen molar-refractivity contribution < 1.29 is 17.9 Å². The van der Waals surface area contributed by atoms with Crippen LogP contribution in [0.4, 0.5) is 19.1 Å². The number of allylic oxidation sites excluding steroid dienone is 1. The lowest BCUT2D eigenvalue weighted by Gasteiger charge is -2.26. The van der Waals surface area contributed by atoms with Crippen LogP contribution in [0.2, 0.25) is 0 Å². The second kappa shape index (κ2) is 12.4. The Morgan fingerprint density at radius 2 is 2.00 bits per heavy atom. The molecule has 0 unspecified atom stereocenters. The molecule has 0 amide bonds. The van der Waals surface area contributed by atoms with E-state index in [9.17, 15) is 18.0 Å². The Balaban J connectivity index is 1.42. The molecule has 0 atom stereocenters. The highest BCUT2D eigenvalue weighted by atomic mass is 19.3. The number of benzene rings is 1. The number of aromatic nitrogens is 2. The molecule has 1 fully saturated rings. The highest BCUT2D eigenvalue weighted by Crippen LogP contribution is 2.18. The van der Waals surface area contributed by atoms with E-state index in [0.29, 0.717) is 25.3 Å². The van der Waals surface area contributed by atoms with E-state index in [2.05, 4.69) is 32.3 Å². The van der Waals surface area contributed by atoms with Crippen molar-refractivity contribution in [1.29, 1.82) is 0 Å². The number of nitrogens with one attached hydrogen (secondary N) is 2. The van der Waals surface area contributed by atoms with Crippen LogP contribution >= 0.6 is 0 Å². The van der Waals surface area contributed by atoms with Crippen LogP contribution in [0.15, 0.2) is 41.0 Å². The third-order valence-electron chi connectivity index (χ3n) is 5.66. The molecule has 180 valence electrons. The minimum Gasteiger partial charge on any atom is -0.494 e. The molecule has 1 aliphatic rings. The lowest BCUT2D eigenvalue weighted by atomic mass is 10.1. The Labute approximate surface area is 191 Å². The molecule has 33 heavy (non-hydrogen) atoms. The lowest BCUT2D eigenvalue weighted by molar-refractivity contribution is 0.220. The van der Waals surface area contributed by atoms with Crippen LogP contribution < -0.4 is 15.6 Å². The van der Waals surface area contributed by atoms with Gasteiger partial charge in [-0.1, -0.05) is 18.6 Å². The van der Waals surface area contributed by atoms with Crippen LogP contribution in [0.1, 0.15) is 48.9 Å². The third kappa shape index (κ3) is 7.92. The van der Waals surface area contributed by atoms with Crippen LogP contribution in [0.3, 0.4) is 0 Å². The van der Waals surface area contributed by atoms with Gasteiger partial charge in [-0.05, 0) is 63.4 Å². The van der Waals surface area contributed by atoms with E-state index >= 15 is 0 Å². The van der Waals surface area contributed by atoms with Crippen LogP contribution in [-0.4, -0.2) is 41.1 Å². The van der Waals surface area contributed by atoms with Gasteiger partial charge in [0, 0.05) is 30.8 Å². The maximum absolute atomic E-state index is 13.0. The molecule has 2 heterocycles. The number of aromatic amines is 1. The summed E-state index contributed by atoms with van der Waals surface area (Å²) in [5, 5.41) is 3.03. The third-order valence-corrected chi connectivity index (χ3v) is 5.66. The van der Waals surface area contributed by atoms with Gasteiger partial charge >= 0.3 is 6.08 Å². The van der Waals surface area contributed by atoms with E-state index in [4.69, 9.17) is 4.74 Å². The average Bonchev–Trinajstić information content (AvgIpc) is 2.79. The molecule has 2 aromatic rings. The fourth-order valence-corrected chi connectivity index (χ4v) is 3.90. The molecule has 2 N–H and O–H groups in total. The molecule has 1 aromatic heterocycles. The summed E-state index contributed by atoms with van der Waals surface area (Å²) in [5.41, 5.74) is 1.37. The van der Waals surface area contributed by atoms with Crippen molar-refractivity contribution in [3.05, 3.63) is 63.3 Å². The monoisotopic (exact) mass is 464 g/mol. The smallest absolute Gasteiger partial charge is 0.301 e. The van der Waals surface area contributed by atoms with Gasteiger partial charge in [0.1, 0.15) is 5.75 Å². The van der Waals surface area contributed by atoms with E-state index in [-0.39, 0.29) is 17.9 Å². The van der Waals surface area contributed by atoms with E-state index in [0.717, 1.165) is 25.4 Å². The Morgan fingerprint density at radius 3 is 2.73 bits per heavy atom. The van der Waals surface area contributed by atoms with Gasteiger partial charge in [-0.2, -0.15) is 8.78 Å². The first-order valence-electron chi connectivity index (χ1n) is 11.4. The van der Waals surface area contributed by atoms with Gasteiger partial charge in [-0.15, -0.1) is 0 Å². The van der Waals surface area contributed by atoms with E-state index < -0.39 is 23.9 Å². The van der Waals surface area contributed by atoms with Crippen molar-refractivity contribution in [1.82, 2.24) is 14.9 Å². The molecule has 0 saturated carbocycles. The quantitative estimate of drug-likeness (QED) is 0.460. The summed E-state index contributed by atoms with van der Waals surface area (Å²) in [6.07, 6.45) is 1.51. The number of hydrogen-bond donors (Lipinski definition) is 2. The first kappa shape index (κ1) is 24.8. The van der Waals surface area contributed by atoms with Crippen molar-refractivity contribution in [2.75, 3.05) is 31.6 Å². The van der Waals surface area contributed by atoms with Gasteiger partial charge in [0.05, 0.1) is 6.61 Å². The maximum Gasteiger partial charge on any atom is 0.301 e. The van der Waals surface area contributed by atoms with Crippen LogP contribution in [-0.2, 0) is 13.0 Å². The van der Waals surface area contributed by atoms with Gasteiger partial charge in [0.25, 0.3) is 5.56 Å². The number of hydrogen-bond acceptors (Lipinski definition) is 5. The summed E-state index contributed by atoms with van der Waals surface area (Å²) in [6, 6.07) is 8.16. The Morgan fingerprint density at radius 1 is 1.21 bits per heavy atom. The normalized spacial score (nSPS) is 14.2. The first-order valence-corrected chi connectivity index (χ1v) is 11.4. The summed E-state index contributed by atoms with van der Waals surface area (Å²) in [5.74, 6) is -0.382. The van der Waals surface area contributed by atoms with Crippen molar-refractivity contribution >= 4 is 5.95 Å². The zero-order chi connectivity index (χ0) is 23.6. The zero-order valence-corrected chi connectivity index (χ0v) is 18.9. The molecule has 9 heteroatoms. The predicted octanol–water partition coefficient (Wildman–Crippen LogP) is 4.96. The van der Waals surface area contributed by atoms with Gasteiger partial charge in [0.2, 0.25) is 5.95 Å². The Hall–Kier alpha value is -2.81. The highest BCUT2D eigenvalue weighted by molar-refractivity contribution is 5.30. The van der Waals surface area contributed by atoms with Crippen molar-refractivity contribution in [3.63, 3.8) is 0 Å². The molecule has 1 saturated heterocycles. The van der Waals surface area contributed by atoms with E-state index in [1.807, 2.05) is 12.1 Å². The molecular weight excluding hydrogens is 433 g/mol. The number of likely N-dealkylation sites (tertiary alicyclic amines) is 1. The second-order valence-corrected chi connectivity index (χ2v) is 8.26. The van der Waals surface area contributed by atoms with Gasteiger partial charge in [0.15, 0.2) is 5.83 Å².